The Hall–Kier alpha value is -2.25. The number of hydrogen-bond acceptors (Lipinski definition) is 2. The lowest BCUT2D eigenvalue weighted by atomic mass is 9.95. The van der Waals surface area contributed by atoms with Crippen LogP contribution >= 0.6 is 23.2 Å². The first-order valence-corrected chi connectivity index (χ1v) is 12.0. The molecule has 2 aromatic rings. The maximum absolute atomic E-state index is 13.1. The molecule has 0 aliphatic carbocycles. The van der Waals surface area contributed by atoms with Crippen molar-refractivity contribution in [3.05, 3.63) is 57.6 Å². The number of nitrogens with zero attached hydrogens (tertiary/aromatic N) is 2. The highest BCUT2D eigenvalue weighted by molar-refractivity contribution is 6.36. The van der Waals surface area contributed by atoms with Gasteiger partial charge in [-0.25, -0.2) is 0 Å². The maximum atomic E-state index is 13.1. The Morgan fingerprint density at radius 3 is 2.24 bits per heavy atom. The maximum Gasteiger partial charge on any atom is 0.416 e. The second-order valence-corrected chi connectivity index (χ2v) is 9.77. The molecule has 34 heavy (non-hydrogen) atoms. The molecule has 182 valence electrons. The SMILES string of the molecule is CC(=O)N1CCC(N2CC[C@@H](Cc3c(Cl)cc(-c4cccc(C(F)(F)F)c4)cc3Cl)C2=O)CC1. The first kappa shape index (κ1) is 24.9. The molecule has 0 saturated carbocycles. The summed E-state index contributed by atoms with van der Waals surface area (Å²) in [5.74, 6) is -0.127. The van der Waals surface area contributed by atoms with Crippen LogP contribution in [0.1, 0.15) is 37.3 Å². The molecule has 2 fully saturated rings. The van der Waals surface area contributed by atoms with Gasteiger partial charge in [0.2, 0.25) is 11.8 Å². The van der Waals surface area contributed by atoms with E-state index in [1.807, 2.05) is 4.90 Å². The van der Waals surface area contributed by atoms with Crippen LogP contribution in [0.25, 0.3) is 11.1 Å². The average molecular weight is 513 g/mol. The van der Waals surface area contributed by atoms with Crippen LogP contribution in [0.5, 0.6) is 0 Å². The van der Waals surface area contributed by atoms with E-state index in [9.17, 15) is 22.8 Å². The molecule has 0 radical (unpaired) electrons. The predicted molar refractivity (Wildman–Crippen MR) is 126 cm³/mol. The van der Waals surface area contributed by atoms with Crippen molar-refractivity contribution in [1.29, 1.82) is 0 Å². The summed E-state index contributed by atoms with van der Waals surface area (Å²) in [6, 6.07) is 8.34. The lowest BCUT2D eigenvalue weighted by molar-refractivity contribution is -0.138. The highest BCUT2D eigenvalue weighted by Crippen LogP contribution is 2.38. The first-order valence-electron chi connectivity index (χ1n) is 11.3. The quantitative estimate of drug-likeness (QED) is 0.497. The third kappa shape index (κ3) is 5.20. The lowest BCUT2D eigenvalue weighted by Crippen LogP contribution is -2.47. The fourth-order valence-corrected chi connectivity index (χ4v) is 5.53. The van der Waals surface area contributed by atoms with E-state index in [1.54, 1.807) is 30.0 Å². The molecule has 2 heterocycles. The monoisotopic (exact) mass is 512 g/mol. The minimum Gasteiger partial charge on any atom is -0.343 e. The number of carbonyl (C=O) groups excluding carboxylic acids is 2. The van der Waals surface area contributed by atoms with Crippen molar-refractivity contribution < 1.29 is 22.8 Å². The van der Waals surface area contributed by atoms with Crippen molar-refractivity contribution in [3.63, 3.8) is 0 Å². The molecule has 0 bridgehead atoms. The molecule has 2 aromatic carbocycles. The zero-order valence-electron chi connectivity index (χ0n) is 18.7. The van der Waals surface area contributed by atoms with Gasteiger partial charge in [-0.05, 0) is 66.6 Å². The molecule has 2 saturated heterocycles. The summed E-state index contributed by atoms with van der Waals surface area (Å²) in [6.45, 7) is 3.53. The van der Waals surface area contributed by atoms with E-state index in [4.69, 9.17) is 23.2 Å². The molecule has 9 heteroatoms. The summed E-state index contributed by atoms with van der Waals surface area (Å²) in [4.78, 5) is 28.4. The van der Waals surface area contributed by atoms with Gasteiger partial charge in [0.15, 0.2) is 0 Å². The molecule has 0 N–H and O–H groups in total. The summed E-state index contributed by atoms with van der Waals surface area (Å²) < 4.78 is 39.3. The molecule has 1 atom stereocenters. The molecule has 4 nitrogen and oxygen atoms in total. The molecular weight excluding hydrogens is 488 g/mol. The van der Waals surface area contributed by atoms with E-state index in [2.05, 4.69) is 0 Å². The Morgan fingerprint density at radius 1 is 1.00 bits per heavy atom. The molecule has 0 unspecified atom stereocenters. The third-order valence-electron chi connectivity index (χ3n) is 6.82. The van der Waals surface area contributed by atoms with E-state index in [0.717, 1.165) is 25.0 Å². The van der Waals surface area contributed by atoms with E-state index >= 15 is 0 Å². The van der Waals surface area contributed by atoms with Crippen LogP contribution in [-0.2, 0) is 22.2 Å². The van der Waals surface area contributed by atoms with E-state index in [0.29, 0.717) is 59.2 Å². The van der Waals surface area contributed by atoms with Crippen LogP contribution in [0, 0.1) is 5.92 Å². The van der Waals surface area contributed by atoms with Crippen LogP contribution in [-0.4, -0.2) is 47.3 Å². The van der Waals surface area contributed by atoms with Crippen LogP contribution in [0.2, 0.25) is 10.0 Å². The van der Waals surface area contributed by atoms with Crippen molar-refractivity contribution in [3.8, 4) is 11.1 Å². The van der Waals surface area contributed by atoms with Gasteiger partial charge in [-0.3, -0.25) is 9.59 Å². The largest absolute Gasteiger partial charge is 0.416 e. The summed E-state index contributed by atoms with van der Waals surface area (Å²) in [5, 5.41) is 0.668. The fraction of sp³-hybridized carbons (Fsp3) is 0.440. The number of likely N-dealkylation sites (tertiary alicyclic amines) is 2. The zero-order chi connectivity index (χ0) is 24.6. The van der Waals surface area contributed by atoms with Gasteiger partial charge in [0.25, 0.3) is 0 Å². The topological polar surface area (TPSA) is 40.6 Å². The van der Waals surface area contributed by atoms with Gasteiger partial charge in [0.1, 0.15) is 0 Å². The van der Waals surface area contributed by atoms with Crippen LogP contribution < -0.4 is 0 Å². The third-order valence-corrected chi connectivity index (χ3v) is 7.49. The van der Waals surface area contributed by atoms with Crippen LogP contribution in [0.4, 0.5) is 13.2 Å². The Kier molecular flexibility index (Phi) is 7.15. The number of carbonyl (C=O) groups is 2. The van der Waals surface area contributed by atoms with Crippen molar-refractivity contribution >= 4 is 35.0 Å². The minimum absolute atomic E-state index is 0.0574. The Labute approximate surface area is 206 Å². The van der Waals surface area contributed by atoms with Crippen molar-refractivity contribution in [2.24, 2.45) is 5.92 Å². The molecule has 4 rings (SSSR count). The van der Waals surface area contributed by atoms with Gasteiger partial charge in [0, 0.05) is 48.6 Å². The second-order valence-electron chi connectivity index (χ2n) is 8.96. The lowest BCUT2D eigenvalue weighted by Gasteiger charge is -2.36. The number of halogens is 5. The number of rotatable bonds is 4. The fourth-order valence-electron chi connectivity index (χ4n) is 4.89. The number of alkyl halides is 3. The summed E-state index contributed by atoms with van der Waals surface area (Å²) in [5.41, 5.74) is 0.740. The standard InChI is InChI=1S/C25H25Cl2F3N2O2/c1-15(33)31-8-6-20(7-9-31)32-10-5-17(24(32)34)12-21-22(26)13-18(14-23(21)27)16-3-2-4-19(11-16)25(28,29)30/h2-4,11,13-14,17,20H,5-10,12H2,1H3/t17-/m0/s1. The normalized spacial score (nSPS) is 19.7. The van der Waals surface area contributed by atoms with Crippen molar-refractivity contribution in [2.45, 2.75) is 44.8 Å². The Balaban J connectivity index is 1.47. The van der Waals surface area contributed by atoms with Gasteiger partial charge in [0.05, 0.1) is 5.56 Å². The van der Waals surface area contributed by atoms with Crippen LogP contribution in [0.3, 0.4) is 0 Å². The van der Waals surface area contributed by atoms with E-state index in [1.165, 1.54) is 6.07 Å². The van der Waals surface area contributed by atoms with Gasteiger partial charge >= 0.3 is 6.18 Å². The molecular formula is C25H25Cl2F3N2O2. The zero-order valence-corrected chi connectivity index (χ0v) is 20.2. The smallest absolute Gasteiger partial charge is 0.343 e. The molecule has 0 spiro atoms. The van der Waals surface area contributed by atoms with E-state index in [-0.39, 0.29) is 23.8 Å². The van der Waals surface area contributed by atoms with Gasteiger partial charge in [-0.1, -0.05) is 35.3 Å². The van der Waals surface area contributed by atoms with Gasteiger partial charge in [-0.2, -0.15) is 13.2 Å². The van der Waals surface area contributed by atoms with E-state index < -0.39 is 11.7 Å². The van der Waals surface area contributed by atoms with Crippen molar-refractivity contribution in [2.75, 3.05) is 19.6 Å². The van der Waals surface area contributed by atoms with Crippen LogP contribution in [0.15, 0.2) is 36.4 Å². The molecule has 2 amide bonds. The van der Waals surface area contributed by atoms with Gasteiger partial charge in [-0.15, -0.1) is 0 Å². The van der Waals surface area contributed by atoms with Gasteiger partial charge < -0.3 is 9.80 Å². The second kappa shape index (κ2) is 9.78. The predicted octanol–water partition coefficient (Wildman–Crippen LogP) is 6.08. The number of piperidine rings is 1. The Bertz CT molecular complexity index is 1070. The summed E-state index contributed by atoms with van der Waals surface area (Å²) in [6.07, 6.45) is -1.84. The number of benzene rings is 2. The first-order chi connectivity index (χ1) is 16.0. The molecule has 2 aliphatic heterocycles. The van der Waals surface area contributed by atoms with Crippen molar-refractivity contribution in [1.82, 2.24) is 9.80 Å². The highest BCUT2D eigenvalue weighted by Gasteiger charge is 2.38. The molecule has 2 aliphatic rings. The highest BCUT2D eigenvalue weighted by atomic mass is 35.5. The average Bonchev–Trinajstić information content (AvgIpc) is 3.15. The number of hydrogen-bond donors (Lipinski definition) is 0. The number of amides is 2. The Morgan fingerprint density at radius 2 is 1.65 bits per heavy atom. The minimum atomic E-state index is -4.44. The summed E-state index contributed by atoms with van der Waals surface area (Å²) >= 11 is 13.0. The summed E-state index contributed by atoms with van der Waals surface area (Å²) in [7, 11) is 0. The molecule has 0 aromatic heterocycles.